The van der Waals surface area contributed by atoms with E-state index in [0.717, 1.165) is 41.9 Å². The average molecular weight is 443 g/mol. The second-order valence-electron chi connectivity index (χ2n) is 7.59. The molecule has 32 heavy (non-hydrogen) atoms. The standard InChI is InChI=1S/C23H30N4O5/c1-3-26-21(24)20(22(29)27(4-2)23(26)30)25-19(28)10-7-16-5-8-18(9-6-16)32-15-17-11-13-31-14-12-17/h5-10,17H,3-4,11-15,24H2,1-2H3,(H,25,28)/b10-7+. The van der Waals surface area contributed by atoms with E-state index < -0.39 is 17.2 Å². The van der Waals surface area contributed by atoms with Crippen molar-refractivity contribution >= 4 is 23.5 Å². The highest BCUT2D eigenvalue weighted by Crippen LogP contribution is 2.19. The van der Waals surface area contributed by atoms with Crippen LogP contribution in [0.2, 0.25) is 0 Å². The molecule has 0 saturated carbocycles. The molecule has 3 rings (SSSR count). The molecular weight excluding hydrogens is 412 g/mol. The van der Waals surface area contributed by atoms with E-state index in [1.54, 1.807) is 19.9 Å². The lowest BCUT2D eigenvalue weighted by Crippen LogP contribution is -2.42. The Kier molecular flexibility index (Phi) is 7.88. The van der Waals surface area contributed by atoms with Crippen molar-refractivity contribution in [3.8, 4) is 5.75 Å². The monoisotopic (exact) mass is 442 g/mol. The molecule has 0 bridgehead atoms. The van der Waals surface area contributed by atoms with Crippen LogP contribution in [0.25, 0.3) is 6.08 Å². The van der Waals surface area contributed by atoms with Crippen LogP contribution in [0.5, 0.6) is 5.75 Å². The van der Waals surface area contributed by atoms with Crippen molar-refractivity contribution in [3.05, 3.63) is 56.7 Å². The minimum atomic E-state index is -0.618. The van der Waals surface area contributed by atoms with Gasteiger partial charge < -0.3 is 20.5 Å². The molecule has 1 aromatic heterocycles. The Morgan fingerprint density at radius 1 is 1.16 bits per heavy atom. The smallest absolute Gasteiger partial charge is 0.332 e. The summed E-state index contributed by atoms with van der Waals surface area (Å²) in [4.78, 5) is 37.2. The van der Waals surface area contributed by atoms with Gasteiger partial charge in [-0.15, -0.1) is 0 Å². The second kappa shape index (κ2) is 10.8. The molecule has 2 aromatic rings. The van der Waals surface area contributed by atoms with Gasteiger partial charge in [-0.25, -0.2) is 4.79 Å². The van der Waals surface area contributed by atoms with E-state index in [0.29, 0.717) is 12.5 Å². The Labute approximate surface area is 186 Å². The third-order valence-electron chi connectivity index (χ3n) is 5.48. The van der Waals surface area contributed by atoms with Gasteiger partial charge in [-0.2, -0.15) is 0 Å². The number of amides is 1. The number of rotatable bonds is 8. The largest absolute Gasteiger partial charge is 0.493 e. The summed E-state index contributed by atoms with van der Waals surface area (Å²) in [5, 5.41) is 2.51. The highest BCUT2D eigenvalue weighted by atomic mass is 16.5. The molecule has 1 saturated heterocycles. The molecule has 1 fully saturated rings. The third kappa shape index (κ3) is 5.47. The van der Waals surface area contributed by atoms with Crippen LogP contribution in [0.3, 0.4) is 0 Å². The first-order chi connectivity index (χ1) is 15.4. The van der Waals surface area contributed by atoms with Gasteiger partial charge in [-0.1, -0.05) is 12.1 Å². The number of carbonyl (C=O) groups excluding carboxylic acids is 1. The van der Waals surface area contributed by atoms with Crippen molar-refractivity contribution in [2.24, 2.45) is 5.92 Å². The van der Waals surface area contributed by atoms with E-state index in [9.17, 15) is 14.4 Å². The first-order valence-corrected chi connectivity index (χ1v) is 10.9. The molecule has 0 spiro atoms. The molecule has 1 aromatic carbocycles. The van der Waals surface area contributed by atoms with E-state index >= 15 is 0 Å². The topological polar surface area (TPSA) is 118 Å². The highest BCUT2D eigenvalue weighted by molar-refractivity contribution is 6.03. The summed E-state index contributed by atoms with van der Waals surface area (Å²) in [6.07, 6.45) is 4.97. The second-order valence-corrected chi connectivity index (χ2v) is 7.59. The molecule has 0 aliphatic carbocycles. The van der Waals surface area contributed by atoms with Crippen LogP contribution in [0.15, 0.2) is 39.9 Å². The number of nitrogen functional groups attached to an aromatic ring is 1. The normalized spacial score (nSPS) is 14.6. The number of aromatic nitrogens is 2. The minimum Gasteiger partial charge on any atom is -0.493 e. The zero-order valence-corrected chi connectivity index (χ0v) is 18.5. The Balaban J connectivity index is 1.64. The van der Waals surface area contributed by atoms with Crippen molar-refractivity contribution in [3.63, 3.8) is 0 Å². The summed E-state index contributed by atoms with van der Waals surface area (Å²) in [6.45, 7) is 6.13. The van der Waals surface area contributed by atoms with Gasteiger partial charge in [0.25, 0.3) is 5.56 Å². The van der Waals surface area contributed by atoms with Crippen LogP contribution >= 0.6 is 0 Å². The van der Waals surface area contributed by atoms with Gasteiger partial charge in [0.05, 0.1) is 6.61 Å². The molecule has 9 nitrogen and oxygen atoms in total. The van der Waals surface area contributed by atoms with Crippen LogP contribution in [0, 0.1) is 5.92 Å². The lowest BCUT2D eigenvalue weighted by molar-refractivity contribution is -0.111. The van der Waals surface area contributed by atoms with Crippen molar-refractivity contribution in [2.75, 3.05) is 30.9 Å². The predicted octanol–water partition coefficient (Wildman–Crippen LogP) is 2.09. The summed E-state index contributed by atoms with van der Waals surface area (Å²) >= 11 is 0. The van der Waals surface area contributed by atoms with Crippen LogP contribution in [-0.2, 0) is 22.6 Å². The van der Waals surface area contributed by atoms with Crippen molar-refractivity contribution in [1.29, 1.82) is 0 Å². The summed E-state index contributed by atoms with van der Waals surface area (Å²) in [6, 6.07) is 7.40. The highest BCUT2D eigenvalue weighted by Gasteiger charge is 2.17. The summed E-state index contributed by atoms with van der Waals surface area (Å²) in [5.41, 5.74) is 5.55. The number of benzene rings is 1. The Bertz CT molecular complexity index is 1080. The Morgan fingerprint density at radius 3 is 2.44 bits per heavy atom. The molecule has 0 radical (unpaired) electrons. The van der Waals surface area contributed by atoms with E-state index in [4.69, 9.17) is 15.2 Å². The fourth-order valence-electron chi connectivity index (χ4n) is 3.56. The van der Waals surface area contributed by atoms with Gasteiger partial charge in [-0.05, 0) is 56.4 Å². The first-order valence-electron chi connectivity index (χ1n) is 10.9. The number of ether oxygens (including phenoxy) is 2. The van der Waals surface area contributed by atoms with E-state index in [-0.39, 0.29) is 24.6 Å². The number of nitrogens with two attached hydrogens (primary N) is 1. The van der Waals surface area contributed by atoms with Gasteiger partial charge in [0, 0.05) is 32.4 Å². The molecule has 1 aliphatic rings. The first kappa shape index (κ1) is 23.3. The van der Waals surface area contributed by atoms with E-state index in [1.165, 1.54) is 10.6 Å². The number of hydrogen-bond acceptors (Lipinski definition) is 6. The summed E-state index contributed by atoms with van der Waals surface area (Å²) in [5.74, 6) is 0.712. The maximum atomic E-state index is 12.5. The fraction of sp³-hybridized carbons (Fsp3) is 0.435. The van der Waals surface area contributed by atoms with Gasteiger partial charge in [-0.3, -0.25) is 18.7 Å². The van der Waals surface area contributed by atoms with Crippen LogP contribution in [-0.4, -0.2) is 34.9 Å². The zero-order valence-electron chi connectivity index (χ0n) is 18.5. The lowest BCUT2D eigenvalue weighted by atomic mass is 10.0. The Hall–Kier alpha value is -3.33. The summed E-state index contributed by atoms with van der Waals surface area (Å²) < 4.78 is 13.5. The molecule has 1 aliphatic heterocycles. The number of carbonyl (C=O) groups is 1. The molecule has 0 unspecified atom stereocenters. The minimum absolute atomic E-state index is 0.0556. The molecule has 3 N–H and O–H groups in total. The number of nitrogens with zero attached hydrogens (tertiary/aromatic N) is 2. The number of nitrogens with one attached hydrogen (secondary N) is 1. The third-order valence-corrected chi connectivity index (χ3v) is 5.48. The molecular formula is C23H30N4O5. The average Bonchev–Trinajstić information content (AvgIpc) is 2.81. The Morgan fingerprint density at radius 2 is 1.81 bits per heavy atom. The maximum absolute atomic E-state index is 12.5. The van der Waals surface area contributed by atoms with Crippen LogP contribution in [0.4, 0.5) is 11.5 Å². The van der Waals surface area contributed by atoms with Crippen LogP contribution in [0.1, 0.15) is 32.3 Å². The number of hydrogen-bond donors (Lipinski definition) is 2. The van der Waals surface area contributed by atoms with Gasteiger partial charge in [0.2, 0.25) is 5.91 Å². The van der Waals surface area contributed by atoms with Crippen molar-refractivity contribution in [2.45, 2.75) is 39.8 Å². The lowest BCUT2D eigenvalue weighted by Gasteiger charge is -2.22. The van der Waals surface area contributed by atoms with Gasteiger partial charge >= 0.3 is 5.69 Å². The van der Waals surface area contributed by atoms with Crippen molar-refractivity contribution < 1.29 is 14.3 Å². The van der Waals surface area contributed by atoms with E-state index in [1.807, 2.05) is 24.3 Å². The molecule has 2 heterocycles. The predicted molar refractivity (Wildman–Crippen MR) is 124 cm³/mol. The molecule has 1 amide bonds. The molecule has 172 valence electrons. The van der Waals surface area contributed by atoms with Crippen molar-refractivity contribution in [1.82, 2.24) is 9.13 Å². The summed E-state index contributed by atoms with van der Waals surface area (Å²) in [7, 11) is 0. The van der Waals surface area contributed by atoms with E-state index in [2.05, 4.69) is 5.32 Å². The van der Waals surface area contributed by atoms with Crippen LogP contribution < -0.4 is 27.0 Å². The fourth-order valence-corrected chi connectivity index (χ4v) is 3.56. The SMILES string of the molecule is CCn1c(N)c(NC(=O)/C=C/c2ccc(OCC3CCOCC3)cc2)c(=O)n(CC)c1=O. The molecule has 0 atom stereocenters. The van der Waals surface area contributed by atoms with Gasteiger partial charge in [0.1, 0.15) is 17.3 Å². The zero-order chi connectivity index (χ0) is 23.1. The maximum Gasteiger partial charge on any atom is 0.332 e. The quantitative estimate of drug-likeness (QED) is 0.605. The number of anilines is 2. The van der Waals surface area contributed by atoms with Gasteiger partial charge in [0.15, 0.2) is 0 Å². The molecule has 9 heteroatoms.